The highest BCUT2D eigenvalue weighted by molar-refractivity contribution is 5.63. The standard InChI is InChI=1S/C14H12N4O/c1-9-5-6-10(8-11(9)15)14-17-13(18-19-14)12-4-2-3-7-16-12/h2-8H,15H2,1H3. The van der Waals surface area contributed by atoms with E-state index in [1.807, 2.05) is 43.3 Å². The van der Waals surface area contributed by atoms with Gasteiger partial charge in [0.25, 0.3) is 5.89 Å². The highest BCUT2D eigenvalue weighted by atomic mass is 16.5. The Morgan fingerprint density at radius 2 is 2.05 bits per heavy atom. The van der Waals surface area contributed by atoms with Crippen molar-refractivity contribution >= 4 is 5.69 Å². The smallest absolute Gasteiger partial charge is 0.258 e. The topological polar surface area (TPSA) is 77.8 Å². The largest absolute Gasteiger partial charge is 0.398 e. The van der Waals surface area contributed by atoms with Crippen molar-refractivity contribution in [3.8, 4) is 23.0 Å². The van der Waals surface area contributed by atoms with Gasteiger partial charge in [-0.3, -0.25) is 4.98 Å². The minimum absolute atomic E-state index is 0.437. The molecular formula is C14H12N4O. The van der Waals surface area contributed by atoms with Gasteiger partial charge in [0.1, 0.15) is 5.69 Å². The number of hydrogen-bond acceptors (Lipinski definition) is 5. The van der Waals surface area contributed by atoms with E-state index in [1.54, 1.807) is 6.20 Å². The van der Waals surface area contributed by atoms with E-state index in [4.69, 9.17) is 10.3 Å². The van der Waals surface area contributed by atoms with Crippen LogP contribution in [-0.2, 0) is 0 Å². The van der Waals surface area contributed by atoms with Crippen LogP contribution < -0.4 is 5.73 Å². The van der Waals surface area contributed by atoms with E-state index in [-0.39, 0.29) is 0 Å². The number of rotatable bonds is 2. The first-order valence-corrected chi connectivity index (χ1v) is 5.85. The third-order valence-electron chi connectivity index (χ3n) is 2.85. The number of hydrogen-bond donors (Lipinski definition) is 1. The van der Waals surface area contributed by atoms with Gasteiger partial charge in [-0.1, -0.05) is 17.3 Å². The maximum atomic E-state index is 5.87. The number of pyridine rings is 1. The molecule has 5 heteroatoms. The fraction of sp³-hybridized carbons (Fsp3) is 0.0714. The first-order chi connectivity index (χ1) is 9.24. The second-order valence-corrected chi connectivity index (χ2v) is 4.21. The molecule has 0 spiro atoms. The maximum Gasteiger partial charge on any atom is 0.258 e. The molecule has 3 rings (SSSR count). The predicted octanol–water partition coefficient (Wildman–Crippen LogP) is 2.69. The Balaban J connectivity index is 1.99. The van der Waals surface area contributed by atoms with Crippen molar-refractivity contribution in [2.24, 2.45) is 0 Å². The van der Waals surface area contributed by atoms with Crippen LogP contribution in [0.15, 0.2) is 47.1 Å². The zero-order chi connectivity index (χ0) is 13.2. The van der Waals surface area contributed by atoms with Gasteiger partial charge in [-0.25, -0.2) is 0 Å². The molecule has 0 amide bonds. The number of nitrogen functional groups attached to an aromatic ring is 1. The van der Waals surface area contributed by atoms with Crippen molar-refractivity contribution in [2.45, 2.75) is 6.92 Å². The van der Waals surface area contributed by atoms with Crippen LogP contribution >= 0.6 is 0 Å². The molecule has 0 saturated carbocycles. The highest BCUT2D eigenvalue weighted by Crippen LogP contribution is 2.24. The molecule has 0 saturated heterocycles. The minimum atomic E-state index is 0.437. The summed E-state index contributed by atoms with van der Waals surface area (Å²) in [5.41, 5.74) is 9.08. The molecule has 0 aliphatic carbocycles. The lowest BCUT2D eigenvalue weighted by molar-refractivity contribution is 0.432. The Kier molecular flexibility index (Phi) is 2.72. The summed E-state index contributed by atoms with van der Waals surface area (Å²) in [7, 11) is 0. The van der Waals surface area contributed by atoms with Crippen LogP contribution in [0, 0.1) is 6.92 Å². The van der Waals surface area contributed by atoms with E-state index in [0.717, 1.165) is 11.1 Å². The van der Waals surface area contributed by atoms with Crippen molar-refractivity contribution in [2.75, 3.05) is 5.73 Å². The normalized spacial score (nSPS) is 10.6. The summed E-state index contributed by atoms with van der Waals surface area (Å²) in [6.45, 7) is 1.95. The summed E-state index contributed by atoms with van der Waals surface area (Å²) in [6.07, 6.45) is 1.69. The fourth-order valence-corrected chi connectivity index (χ4v) is 1.71. The van der Waals surface area contributed by atoms with Crippen LogP contribution in [0.2, 0.25) is 0 Å². The van der Waals surface area contributed by atoms with Crippen LogP contribution in [0.25, 0.3) is 23.0 Å². The van der Waals surface area contributed by atoms with Gasteiger partial charge in [0.2, 0.25) is 5.82 Å². The van der Waals surface area contributed by atoms with Crippen molar-refractivity contribution < 1.29 is 4.52 Å². The number of anilines is 1. The Hall–Kier alpha value is -2.69. The highest BCUT2D eigenvalue weighted by Gasteiger charge is 2.11. The van der Waals surface area contributed by atoms with E-state index in [1.165, 1.54) is 0 Å². The summed E-state index contributed by atoms with van der Waals surface area (Å²) < 4.78 is 5.24. The summed E-state index contributed by atoms with van der Waals surface area (Å²) in [5, 5.41) is 3.93. The summed E-state index contributed by atoms with van der Waals surface area (Å²) >= 11 is 0. The number of nitrogens with two attached hydrogens (primary N) is 1. The SMILES string of the molecule is Cc1ccc(-c2nc(-c3ccccn3)no2)cc1N. The van der Waals surface area contributed by atoms with Crippen LogP contribution in [-0.4, -0.2) is 15.1 Å². The average Bonchev–Trinajstić information content (AvgIpc) is 2.93. The molecule has 0 radical (unpaired) electrons. The van der Waals surface area contributed by atoms with Gasteiger partial charge in [0.15, 0.2) is 0 Å². The van der Waals surface area contributed by atoms with Gasteiger partial charge in [-0.05, 0) is 36.8 Å². The van der Waals surface area contributed by atoms with Gasteiger partial charge in [-0.15, -0.1) is 0 Å². The first-order valence-electron chi connectivity index (χ1n) is 5.85. The zero-order valence-electron chi connectivity index (χ0n) is 10.4. The first kappa shape index (κ1) is 11.4. The number of nitrogens with zero attached hydrogens (tertiary/aromatic N) is 3. The van der Waals surface area contributed by atoms with Crippen LogP contribution in [0.4, 0.5) is 5.69 Å². The molecule has 3 aromatic rings. The Morgan fingerprint density at radius 1 is 1.16 bits per heavy atom. The third kappa shape index (κ3) is 2.18. The maximum absolute atomic E-state index is 5.87. The van der Waals surface area contributed by atoms with Crippen molar-refractivity contribution in [3.63, 3.8) is 0 Å². The molecule has 94 valence electrons. The minimum Gasteiger partial charge on any atom is -0.398 e. The molecule has 0 bridgehead atoms. The molecule has 19 heavy (non-hydrogen) atoms. The Bertz CT molecular complexity index is 706. The van der Waals surface area contributed by atoms with Gasteiger partial charge < -0.3 is 10.3 Å². The molecule has 0 unspecified atom stereocenters. The third-order valence-corrected chi connectivity index (χ3v) is 2.85. The Morgan fingerprint density at radius 3 is 2.79 bits per heavy atom. The zero-order valence-corrected chi connectivity index (χ0v) is 10.4. The van der Waals surface area contributed by atoms with E-state index >= 15 is 0 Å². The number of benzene rings is 1. The fourth-order valence-electron chi connectivity index (χ4n) is 1.71. The molecule has 0 aliphatic rings. The van der Waals surface area contributed by atoms with E-state index in [0.29, 0.717) is 23.1 Å². The quantitative estimate of drug-likeness (QED) is 0.709. The van der Waals surface area contributed by atoms with Crippen LogP contribution in [0.3, 0.4) is 0 Å². The molecule has 2 N–H and O–H groups in total. The summed E-state index contributed by atoms with van der Waals surface area (Å²) in [4.78, 5) is 8.50. The lowest BCUT2D eigenvalue weighted by Crippen LogP contribution is -1.90. The lowest BCUT2D eigenvalue weighted by Gasteiger charge is -2.00. The monoisotopic (exact) mass is 252 g/mol. The Labute approximate surface area is 110 Å². The molecular weight excluding hydrogens is 240 g/mol. The molecule has 0 fully saturated rings. The second kappa shape index (κ2) is 4.53. The molecule has 0 aliphatic heterocycles. The van der Waals surface area contributed by atoms with Gasteiger partial charge in [0.05, 0.1) is 0 Å². The molecule has 1 aromatic carbocycles. The van der Waals surface area contributed by atoms with Crippen molar-refractivity contribution in [1.82, 2.24) is 15.1 Å². The van der Waals surface area contributed by atoms with Gasteiger partial charge in [-0.2, -0.15) is 4.98 Å². The lowest BCUT2D eigenvalue weighted by atomic mass is 10.1. The van der Waals surface area contributed by atoms with Crippen LogP contribution in [0.5, 0.6) is 0 Å². The summed E-state index contributed by atoms with van der Waals surface area (Å²) in [5.74, 6) is 0.905. The van der Waals surface area contributed by atoms with E-state index < -0.39 is 0 Å². The second-order valence-electron chi connectivity index (χ2n) is 4.21. The molecule has 0 atom stereocenters. The van der Waals surface area contributed by atoms with Crippen LogP contribution in [0.1, 0.15) is 5.56 Å². The average molecular weight is 252 g/mol. The van der Waals surface area contributed by atoms with E-state index in [2.05, 4.69) is 15.1 Å². The van der Waals surface area contributed by atoms with Gasteiger partial charge >= 0.3 is 0 Å². The predicted molar refractivity (Wildman–Crippen MR) is 72.1 cm³/mol. The summed E-state index contributed by atoms with van der Waals surface area (Å²) in [6, 6.07) is 11.2. The van der Waals surface area contributed by atoms with Crippen molar-refractivity contribution in [1.29, 1.82) is 0 Å². The molecule has 2 heterocycles. The van der Waals surface area contributed by atoms with E-state index in [9.17, 15) is 0 Å². The van der Waals surface area contributed by atoms with Crippen molar-refractivity contribution in [3.05, 3.63) is 48.2 Å². The molecule has 5 nitrogen and oxygen atoms in total. The number of aryl methyl sites for hydroxylation is 1. The van der Waals surface area contributed by atoms with Gasteiger partial charge in [0, 0.05) is 17.4 Å². The molecule has 2 aromatic heterocycles. The number of aromatic nitrogens is 3.